The summed E-state index contributed by atoms with van der Waals surface area (Å²) in [5.74, 6) is 0.318. The summed E-state index contributed by atoms with van der Waals surface area (Å²) >= 11 is 0. The number of ether oxygens (including phenoxy) is 1. The number of nitrogens with one attached hydrogen (secondary N) is 1. The number of amides is 1. The van der Waals surface area contributed by atoms with Gasteiger partial charge in [-0.25, -0.2) is 13.4 Å². The van der Waals surface area contributed by atoms with Gasteiger partial charge >= 0.3 is 0 Å². The summed E-state index contributed by atoms with van der Waals surface area (Å²) in [6.45, 7) is 2.00. The highest BCUT2D eigenvalue weighted by atomic mass is 32.2. The second-order valence-electron chi connectivity index (χ2n) is 5.89. The highest BCUT2D eigenvalue weighted by molar-refractivity contribution is 7.91. The Kier molecular flexibility index (Phi) is 4.53. The number of aromatic nitrogens is 1. The minimum absolute atomic E-state index is 0.0761. The lowest BCUT2D eigenvalue weighted by Gasteiger charge is -2.10. The molecule has 1 fully saturated rings. The molecule has 3 rings (SSSR count). The maximum Gasteiger partial charge on any atom is 0.228 e. The Hall–Kier alpha value is -2.41. The van der Waals surface area contributed by atoms with Crippen LogP contribution in [-0.2, 0) is 14.6 Å². The molecule has 6 nitrogen and oxygen atoms in total. The monoisotopic (exact) mass is 346 g/mol. The number of anilines is 1. The number of benzene rings is 1. The first-order valence-corrected chi connectivity index (χ1v) is 9.45. The summed E-state index contributed by atoms with van der Waals surface area (Å²) in [5, 5.41) is 2.70. The zero-order valence-corrected chi connectivity index (χ0v) is 14.0. The van der Waals surface area contributed by atoms with Gasteiger partial charge < -0.3 is 10.1 Å². The molecule has 0 saturated carbocycles. The van der Waals surface area contributed by atoms with Crippen molar-refractivity contribution < 1.29 is 17.9 Å². The van der Waals surface area contributed by atoms with Crippen LogP contribution in [0.5, 0.6) is 11.6 Å². The predicted octanol–water partition coefficient (Wildman–Crippen LogP) is 2.56. The molecule has 1 N–H and O–H groups in total. The van der Waals surface area contributed by atoms with Gasteiger partial charge in [-0.1, -0.05) is 17.7 Å². The lowest BCUT2D eigenvalue weighted by molar-refractivity contribution is -0.119. The molecule has 1 amide bonds. The molecule has 1 atom stereocenters. The van der Waals surface area contributed by atoms with Crippen LogP contribution >= 0.6 is 0 Å². The normalized spacial score (nSPS) is 19.0. The predicted molar refractivity (Wildman–Crippen MR) is 90.9 cm³/mol. The van der Waals surface area contributed by atoms with E-state index in [0.717, 1.165) is 5.56 Å². The number of carbonyl (C=O) groups is 1. The highest BCUT2D eigenvalue weighted by Crippen LogP contribution is 2.23. The third kappa shape index (κ3) is 4.11. The second kappa shape index (κ2) is 6.60. The molecule has 24 heavy (non-hydrogen) atoms. The number of aryl methyl sites for hydroxylation is 1. The van der Waals surface area contributed by atoms with E-state index in [4.69, 9.17) is 4.74 Å². The van der Waals surface area contributed by atoms with Crippen molar-refractivity contribution >= 4 is 21.4 Å². The van der Waals surface area contributed by atoms with E-state index in [0.29, 0.717) is 23.7 Å². The Labute approximate surface area is 140 Å². The van der Waals surface area contributed by atoms with Crippen LogP contribution < -0.4 is 10.1 Å². The number of nitrogens with zero attached hydrogens (tertiary/aromatic N) is 1. The van der Waals surface area contributed by atoms with Crippen LogP contribution in [0.3, 0.4) is 0 Å². The fourth-order valence-electron chi connectivity index (χ4n) is 2.49. The number of rotatable bonds is 4. The third-order valence-corrected chi connectivity index (χ3v) is 5.62. The van der Waals surface area contributed by atoms with Crippen LogP contribution in [0.15, 0.2) is 42.6 Å². The van der Waals surface area contributed by atoms with Crippen molar-refractivity contribution in [2.24, 2.45) is 5.92 Å². The Balaban J connectivity index is 1.60. The Morgan fingerprint density at radius 2 is 1.96 bits per heavy atom. The van der Waals surface area contributed by atoms with E-state index in [1.54, 1.807) is 12.1 Å². The average molecular weight is 346 g/mol. The van der Waals surface area contributed by atoms with Crippen LogP contribution in [0.25, 0.3) is 0 Å². The first kappa shape index (κ1) is 16.4. The standard InChI is InChI=1S/C17H18N2O4S/c1-12-2-5-15(6-3-12)23-16-7-4-14(10-18-16)19-17(20)13-8-9-24(21,22)11-13/h2-7,10,13H,8-9,11H2,1H3,(H,19,20). The van der Waals surface area contributed by atoms with E-state index in [1.165, 1.54) is 6.20 Å². The molecule has 2 aromatic rings. The number of carbonyl (C=O) groups excluding carboxylic acids is 1. The maximum absolute atomic E-state index is 12.1. The summed E-state index contributed by atoms with van der Waals surface area (Å²) in [6.07, 6.45) is 1.86. The van der Waals surface area contributed by atoms with Crippen LogP contribution in [-0.4, -0.2) is 30.8 Å². The molecule has 0 bridgehead atoms. The molecule has 0 radical (unpaired) electrons. The first-order valence-electron chi connectivity index (χ1n) is 7.63. The molecule has 1 aliphatic heterocycles. The summed E-state index contributed by atoms with van der Waals surface area (Å²) in [4.78, 5) is 16.2. The van der Waals surface area contributed by atoms with Crippen molar-refractivity contribution in [2.45, 2.75) is 13.3 Å². The van der Waals surface area contributed by atoms with Gasteiger partial charge in [0.25, 0.3) is 0 Å². The molecule has 2 heterocycles. The molecule has 126 valence electrons. The molecule has 1 aromatic heterocycles. The van der Waals surface area contributed by atoms with Gasteiger partial charge in [-0.2, -0.15) is 0 Å². The van der Waals surface area contributed by atoms with Crippen molar-refractivity contribution in [3.63, 3.8) is 0 Å². The molecular weight excluding hydrogens is 328 g/mol. The van der Waals surface area contributed by atoms with Crippen molar-refractivity contribution in [2.75, 3.05) is 16.8 Å². The fraction of sp³-hybridized carbons (Fsp3) is 0.294. The largest absolute Gasteiger partial charge is 0.439 e. The van der Waals surface area contributed by atoms with E-state index >= 15 is 0 Å². The Bertz CT molecular complexity index is 830. The number of hydrogen-bond acceptors (Lipinski definition) is 5. The molecule has 1 aromatic carbocycles. The second-order valence-corrected chi connectivity index (χ2v) is 8.12. The Morgan fingerprint density at radius 3 is 2.54 bits per heavy atom. The quantitative estimate of drug-likeness (QED) is 0.919. The van der Waals surface area contributed by atoms with E-state index in [9.17, 15) is 13.2 Å². The van der Waals surface area contributed by atoms with Gasteiger partial charge in [0.05, 0.1) is 29.3 Å². The van der Waals surface area contributed by atoms with Gasteiger partial charge in [-0.3, -0.25) is 4.79 Å². The molecule has 1 aliphatic rings. The van der Waals surface area contributed by atoms with Crippen molar-refractivity contribution in [3.05, 3.63) is 48.2 Å². The molecule has 1 unspecified atom stereocenters. The van der Waals surface area contributed by atoms with Crippen LogP contribution in [0, 0.1) is 12.8 Å². The molecular formula is C17H18N2O4S. The van der Waals surface area contributed by atoms with Crippen LogP contribution in [0.4, 0.5) is 5.69 Å². The molecule has 7 heteroatoms. The summed E-state index contributed by atoms with van der Waals surface area (Å²) in [7, 11) is -3.07. The molecule has 0 aliphatic carbocycles. The minimum atomic E-state index is -3.07. The minimum Gasteiger partial charge on any atom is -0.439 e. The van der Waals surface area contributed by atoms with Gasteiger partial charge in [0.2, 0.25) is 11.8 Å². The van der Waals surface area contributed by atoms with E-state index in [-0.39, 0.29) is 17.4 Å². The number of sulfone groups is 1. The molecule has 0 spiro atoms. The highest BCUT2D eigenvalue weighted by Gasteiger charge is 2.32. The van der Waals surface area contributed by atoms with Gasteiger partial charge in [-0.05, 0) is 31.5 Å². The first-order chi connectivity index (χ1) is 11.4. The molecule has 1 saturated heterocycles. The summed E-state index contributed by atoms with van der Waals surface area (Å²) in [6, 6.07) is 10.9. The Morgan fingerprint density at radius 1 is 1.21 bits per heavy atom. The zero-order valence-electron chi connectivity index (χ0n) is 13.2. The van der Waals surface area contributed by atoms with Crippen LogP contribution in [0.2, 0.25) is 0 Å². The van der Waals surface area contributed by atoms with Gasteiger partial charge in [0, 0.05) is 6.07 Å². The zero-order chi connectivity index (χ0) is 17.2. The number of pyridine rings is 1. The van der Waals surface area contributed by atoms with Gasteiger partial charge in [0.15, 0.2) is 9.84 Å². The van der Waals surface area contributed by atoms with Crippen molar-refractivity contribution in [1.29, 1.82) is 0 Å². The number of hydrogen-bond donors (Lipinski definition) is 1. The SMILES string of the molecule is Cc1ccc(Oc2ccc(NC(=O)C3CCS(=O)(=O)C3)cn2)cc1. The van der Waals surface area contributed by atoms with E-state index < -0.39 is 15.8 Å². The fourth-order valence-corrected chi connectivity index (χ4v) is 4.23. The van der Waals surface area contributed by atoms with E-state index in [2.05, 4.69) is 10.3 Å². The average Bonchev–Trinajstić information content (AvgIpc) is 2.92. The van der Waals surface area contributed by atoms with Crippen molar-refractivity contribution in [1.82, 2.24) is 4.98 Å². The lowest BCUT2D eigenvalue weighted by atomic mass is 10.1. The summed E-state index contributed by atoms with van der Waals surface area (Å²) in [5.41, 5.74) is 1.66. The lowest BCUT2D eigenvalue weighted by Crippen LogP contribution is -2.23. The summed E-state index contributed by atoms with van der Waals surface area (Å²) < 4.78 is 28.5. The maximum atomic E-state index is 12.1. The van der Waals surface area contributed by atoms with E-state index in [1.807, 2.05) is 31.2 Å². The van der Waals surface area contributed by atoms with Crippen LogP contribution in [0.1, 0.15) is 12.0 Å². The third-order valence-electron chi connectivity index (χ3n) is 3.85. The van der Waals surface area contributed by atoms with Gasteiger partial charge in [-0.15, -0.1) is 0 Å². The van der Waals surface area contributed by atoms with Crippen molar-refractivity contribution in [3.8, 4) is 11.6 Å². The smallest absolute Gasteiger partial charge is 0.228 e. The van der Waals surface area contributed by atoms with Gasteiger partial charge in [0.1, 0.15) is 5.75 Å². The topological polar surface area (TPSA) is 85.4 Å².